The number of aryl methyl sites for hydroxylation is 1. The van der Waals surface area contributed by atoms with Gasteiger partial charge in [0.2, 0.25) is 0 Å². The molecule has 6 heteroatoms. The molecule has 16 heavy (non-hydrogen) atoms. The van der Waals surface area contributed by atoms with Crippen molar-refractivity contribution in [1.82, 2.24) is 14.8 Å². The van der Waals surface area contributed by atoms with E-state index in [2.05, 4.69) is 14.8 Å². The standard InChI is InChI=1S/C10H9F2N3O/c1-15-5-13-10(14-15)6-3-7(11)9(16-2)8(12)4-6/h3-5H,1-2H3. The lowest BCUT2D eigenvalue weighted by Gasteiger charge is -2.04. The first-order valence-corrected chi connectivity index (χ1v) is 4.51. The van der Waals surface area contributed by atoms with Crippen LogP contribution in [0.4, 0.5) is 8.78 Å². The summed E-state index contributed by atoms with van der Waals surface area (Å²) in [6, 6.07) is 2.27. The molecule has 0 saturated heterocycles. The monoisotopic (exact) mass is 225 g/mol. The van der Waals surface area contributed by atoms with Gasteiger partial charge in [-0.05, 0) is 12.1 Å². The molecule has 2 aromatic rings. The smallest absolute Gasteiger partial charge is 0.190 e. The van der Waals surface area contributed by atoms with Crippen LogP contribution in [0.2, 0.25) is 0 Å². The van der Waals surface area contributed by atoms with Gasteiger partial charge in [-0.15, -0.1) is 0 Å². The van der Waals surface area contributed by atoms with Crippen LogP contribution in [0.25, 0.3) is 11.4 Å². The molecule has 0 radical (unpaired) electrons. The van der Waals surface area contributed by atoms with E-state index in [1.165, 1.54) is 18.1 Å². The normalized spacial score (nSPS) is 10.5. The topological polar surface area (TPSA) is 39.9 Å². The Morgan fingerprint density at radius 3 is 2.31 bits per heavy atom. The van der Waals surface area contributed by atoms with Crippen molar-refractivity contribution in [2.45, 2.75) is 0 Å². The van der Waals surface area contributed by atoms with Gasteiger partial charge in [0, 0.05) is 12.6 Å². The van der Waals surface area contributed by atoms with Crippen molar-refractivity contribution >= 4 is 0 Å². The average Bonchev–Trinajstić information content (AvgIpc) is 2.64. The Balaban J connectivity index is 2.52. The summed E-state index contributed by atoms with van der Waals surface area (Å²) in [5, 5.41) is 3.95. The fraction of sp³-hybridized carbons (Fsp3) is 0.200. The average molecular weight is 225 g/mol. The number of ether oxygens (including phenoxy) is 1. The molecular weight excluding hydrogens is 216 g/mol. The minimum Gasteiger partial charge on any atom is -0.491 e. The van der Waals surface area contributed by atoms with Crippen LogP contribution < -0.4 is 4.74 Å². The zero-order chi connectivity index (χ0) is 11.7. The van der Waals surface area contributed by atoms with Gasteiger partial charge in [-0.2, -0.15) is 5.10 Å². The number of nitrogens with zero attached hydrogens (tertiary/aromatic N) is 3. The van der Waals surface area contributed by atoms with Gasteiger partial charge >= 0.3 is 0 Å². The van der Waals surface area contributed by atoms with Crippen molar-refractivity contribution in [3.8, 4) is 17.1 Å². The van der Waals surface area contributed by atoms with E-state index < -0.39 is 17.4 Å². The number of hydrogen-bond donors (Lipinski definition) is 0. The molecule has 0 N–H and O–H groups in total. The second-order valence-electron chi connectivity index (χ2n) is 3.21. The van der Waals surface area contributed by atoms with Gasteiger partial charge in [0.25, 0.3) is 0 Å². The Morgan fingerprint density at radius 2 is 1.88 bits per heavy atom. The van der Waals surface area contributed by atoms with Crippen molar-refractivity contribution in [3.05, 3.63) is 30.1 Å². The van der Waals surface area contributed by atoms with E-state index in [0.717, 1.165) is 12.1 Å². The summed E-state index contributed by atoms with van der Waals surface area (Å²) in [5.41, 5.74) is 0.274. The van der Waals surface area contributed by atoms with Gasteiger partial charge in [-0.1, -0.05) is 0 Å². The molecule has 84 valence electrons. The molecule has 0 aliphatic carbocycles. The lowest BCUT2D eigenvalue weighted by atomic mass is 10.2. The number of rotatable bonds is 2. The lowest BCUT2D eigenvalue weighted by molar-refractivity contribution is 0.360. The third-order valence-corrected chi connectivity index (χ3v) is 2.06. The lowest BCUT2D eigenvalue weighted by Crippen LogP contribution is -1.95. The van der Waals surface area contributed by atoms with E-state index in [1.807, 2.05) is 0 Å². The van der Waals surface area contributed by atoms with Gasteiger partial charge in [-0.3, -0.25) is 4.68 Å². The predicted molar refractivity (Wildman–Crippen MR) is 52.9 cm³/mol. The van der Waals surface area contributed by atoms with Crippen LogP contribution in [0, 0.1) is 11.6 Å². The molecular formula is C10H9F2N3O. The minimum absolute atomic E-state index is 0.267. The highest BCUT2D eigenvalue weighted by atomic mass is 19.1. The molecule has 0 unspecified atom stereocenters. The Labute approximate surface area is 90.5 Å². The molecule has 0 spiro atoms. The van der Waals surface area contributed by atoms with E-state index in [9.17, 15) is 8.78 Å². The van der Waals surface area contributed by atoms with Crippen LogP contribution in [0.5, 0.6) is 5.75 Å². The van der Waals surface area contributed by atoms with Gasteiger partial charge in [0.15, 0.2) is 23.2 Å². The highest BCUT2D eigenvalue weighted by Gasteiger charge is 2.14. The number of hydrogen-bond acceptors (Lipinski definition) is 3. The molecule has 0 aliphatic heterocycles. The number of aromatic nitrogens is 3. The van der Waals surface area contributed by atoms with E-state index in [0.29, 0.717) is 0 Å². The van der Waals surface area contributed by atoms with E-state index in [1.54, 1.807) is 7.05 Å². The van der Waals surface area contributed by atoms with Crippen LogP contribution in [-0.4, -0.2) is 21.9 Å². The second kappa shape index (κ2) is 3.88. The number of methoxy groups -OCH3 is 1. The minimum atomic E-state index is -0.773. The summed E-state index contributed by atoms with van der Waals surface area (Å²) in [6.07, 6.45) is 1.45. The SMILES string of the molecule is COc1c(F)cc(-c2ncn(C)n2)cc1F. The van der Waals surface area contributed by atoms with E-state index in [-0.39, 0.29) is 11.4 Å². The molecule has 0 aliphatic rings. The third-order valence-electron chi connectivity index (χ3n) is 2.06. The predicted octanol–water partition coefficient (Wildman–Crippen LogP) is 1.77. The van der Waals surface area contributed by atoms with E-state index >= 15 is 0 Å². The maximum Gasteiger partial charge on any atom is 0.190 e. The number of halogens is 2. The molecule has 1 heterocycles. The van der Waals surface area contributed by atoms with E-state index in [4.69, 9.17) is 0 Å². The van der Waals surface area contributed by atoms with Gasteiger partial charge in [0.1, 0.15) is 6.33 Å². The first kappa shape index (κ1) is 10.5. The fourth-order valence-corrected chi connectivity index (χ4v) is 1.36. The molecule has 4 nitrogen and oxygen atoms in total. The number of benzene rings is 1. The zero-order valence-electron chi connectivity index (χ0n) is 8.74. The Hall–Kier alpha value is -1.98. The van der Waals surface area contributed by atoms with Crippen LogP contribution in [-0.2, 0) is 7.05 Å². The second-order valence-corrected chi connectivity index (χ2v) is 3.21. The highest BCUT2D eigenvalue weighted by molar-refractivity contribution is 5.56. The molecule has 0 atom stereocenters. The van der Waals surface area contributed by atoms with Crippen molar-refractivity contribution in [2.24, 2.45) is 7.05 Å². The summed E-state index contributed by atoms with van der Waals surface area (Å²) in [7, 11) is 2.88. The summed E-state index contributed by atoms with van der Waals surface area (Å²) in [5.74, 6) is -1.68. The maximum atomic E-state index is 13.4. The summed E-state index contributed by atoms with van der Waals surface area (Å²) >= 11 is 0. The quantitative estimate of drug-likeness (QED) is 0.782. The summed E-state index contributed by atoms with van der Waals surface area (Å²) < 4.78 is 32.8. The van der Waals surface area contributed by atoms with Crippen LogP contribution in [0.15, 0.2) is 18.5 Å². The maximum absolute atomic E-state index is 13.4. The Kier molecular flexibility index (Phi) is 2.55. The summed E-state index contributed by atoms with van der Waals surface area (Å²) in [4.78, 5) is 3.90. The molecule has 2 rings (SSSR count). The molecule has 0 fully saturated rings. The Bertz CT molecular complexity index is 502. The van der Waals surface area contributed by atoms with Gasteiger partial charge in [-0.25, -0.2) is 13.8 Å². The van der Waals surface area contributed by atoms with Crippen molar-refractivity contribution in [2.75, 3.05) is 7.11 Å². The highest BCUT2D eigenvalue weighted by Crippen LogP contribution is 2.26. The summed E-state index contributed by atoms with van der Waals surface area (Å²) in [6.45, 7) is 0. The third kappa shape index (κ3) is 1.73. The van der Waals surface area contributed by atoms with Crippen molar-refractivity contribution in [3.63, 3.8) is 0 Å². The Morgan fingerprint density at radius 1 is 1.25 bits per heavy atom. The molecule has 0 saturated carbocycles. The van der Waals surface area contributed by atoms with Crippen molar-refractivity contribution < 1.29 is 13.5 Å². The molecule has 0 amide bonds. The van der Waals surface area contributed by atoms with Gasteiger partial charge < -0.3 is 4.74 Å². The van der Waals surface area contributed by atoms with Crippen LogP contribution in [0.1, 0.15) is 0 Å². The van der Waals surface area contributed by atoms with Crippen molar-refractivity contribution in [1.29, 1.82) is 0 Å². The zero-order valence-corrected chi connectivity index (χ0v) is 8.74. The first-order valence-electron chi connectivity index (χ1n) is 4.51. The van der Waals surface area contributed by atoms with Crippen LogP contribution in [0.3, 0.4) is 0 Å². The molecule has 1 aromatic carbocycles. The largest absolute Gasteiger partial charge is 0.491 e. The fourth-order valence-electron chi connectivity index (χ4n) is 1.36. The molecule has 1 aromatic heterocycles. The first-order chi connectivity index (χ1) is 7.61. The van der Waals surface area contributed by atoms with Gasteiger partial charge in [0.05, 0.1) is 7.11 Å². The van der Waals surface area contributed by atoms with Crippen LogP contribution >= 0.6 is 0 Å². The molecule has 0 bridgehead atoms.